The molecule has 3 aromatic rings. The van der Waals surface area contributed by atoms with E-state index in [0.717, 1.165) is 10.0 Å². The molecule has 0 bridgehead atoms. The number of thioether (sulfide) groups is 1. The van der Waals surface area contributed by atoms with E-state index in [1.165, 1.54) is 16.4 Å². The molecular weight excluding hydrogens is 378 g/mol. The highest BCUT2D eigenvalue weighted by Gasteiger charge is 2.30. The number of carbonyl (C=O) groups is 1. The number of amides is 1. The first kappa shape index (κ1) is 14.5. The number of aromatic nitrogens is 2. The van der Waals surface area contributed by atoms with Crippen LogP contribution < -0.4 is 11.0 Å². The average molecular weight is 388 g/mol. The fraction of sp³-hybridized carbons (Fsp3) is 0.0625. The standard InChI is InChI=1S/C16H10BrN3O2S/c17-10-6-7-12-11(8-10)15(22)20-16(18-12)23-13(14(21)19-20)9-4-2-1-3-5-9/h1-8,13H,(H,19,21). The predicted octanol–water partition coefficient (Wildman–Crippen LogP) is 3.08. The highest BCUT2D eigenvalue weighted by Crippen LogP contribution is 2.37. The van der Waals surface area contributed by atoms with Crippen LogP contribution >= 0.6 is 27.7 Å². The Morgan fingerprint density at radius 1 is 1.13 bits per heavy atom. The van der Waals surface area contributed by atoms with Crippen molar-refractivity contribution in [2.24, 2.45) is 0 Å². The topological polar surface area (TPSA) is 64.0 Å². The Hall–Kier alpha value is -2.12. The molecule has 0 fully saturated rings. The molecule has 23 heavy (non-hydrogen) atoms. The van der Waals surface area contributed by atoms with Gasteiger partial charge in [-0.1, -0.05) is 58.0 Å². The van der Waals surface area contributed by atoms with Crippen molar-refractivity contribution >= 4 is 44.5 Å². The highest BCUT2D eigenvalue weighted by molar-refractivity contribution is 9.10. The van der Waals surface area contributed by atoms with E-state index < -0.39 is 5.25 Å². The van der Waals surface area contributed by atoms with E-state index >= 15 is 0 Å². The largest absolute Gasteiger partial charge is 0.281 e. The van der Waals surface area contributed by atoms with Gasteiger partial charge in [0.25, 0.3) is 11.5 Å². The molecule has 0 radical (unpaired) electrons. The second-order valence-electron chi connectivity index (χ2n) is 5.08. The van der Waals surface area contributed by atoms with Crippen LogP contribution in [0.1, 0.15) is 10.8 Å². The number of benzene rings is 2. The number of hydrogen-bond donors (Lipinski definition) is 1. The van der Waals surface area contributed by atoms with E-state index in [1.807, 2.05) is 36.4 Å². The SMILES string of the molecule is O=C1Nn2c(nc3ccc(Br)cc3c2=O)SC1c1ccccc1. The summed E-state index contributed by atoms with van der Waals surface area (Å²) in [5.41, 5.74) is 3.87. The van der Waals surface area contributed by atoms with E-state index in [2.05, 4.69) is 26.3 Å². The van der Waals surface area contributed by atoms with Crippen molar-refractivity contribution < 1.29 is 4.79 Å². The van der Waals surface area contributed by atoms with Crippen molar-refractivity contribution in [3.63, 3.8) is 0 Å². The number of fused-ring (bicyclic) bond motifs is 2. The van der Waals surface area contributed by atoms with Crippen LogP contribution in [-0.2, 0) is 4.79 Å². The summed E-state index contributed by atoms with van der Waals surface area (Å²) < 4.78 is 2.02. The molecule has 1 aliphatic rings. The zero-order chi connectivity index (χ0) is 16.0. The molecule has 1 aromatic heterocycles. The molecule has 0 saturated heterocycles. The Labute approximate surface area is 143 Å². The number of rotatable bonds is 1. The fourth-order valence-electron chi connectivity index (χ4n) is 2.49. The normalized spacial score (nSPS) is 16.9. The van der Waals surface area contributed by atoms with Crippen LogP contribution in [0.4, 0.5) is 0 Å². The van der Waals surface area contributed by atoms with Crippen LogP contribution in [0.2, 0.25) is 0 Å². The summed E-state index contributed by atoms with van der Waals surface area (Å²) in [6.45, 7) is 0. The molecule has 2 aromatic carbocycles. The van der Waals surface area contributed by atoms with Crippen LogP contribution in [-0.4, -0.2) is 15.6 Å². The van der Waals surface area contributed by atoms with Crippen LogP contribution in [0.25, 0.3) is 10.9 Å². The molecule has 1 amide bonds. The fourth-order valence-corrected chi connectivity index (χ4v) is 3.90. The average Bonchev–Trinajstić information content (AvgIpc) is 2.57. The molecule has 1 aliphatic heterocycles. The summed E-state index contributed by atoms with van der Waals surface area (Å²) in [5.74, 6) is -0.230. The minimum absolute atomic E-state index is 0.230. The van der Waals surface area contributed by atoms with Gasteiger partial charge in [-0.15, -0.1) is 0 Å². The van der Waals surface area contributed by atoms with Gasteiger partial charge in [-0.3, -0.25) is 15.0 Å². The number of nitrogens with one attached hydrogen (secondary N) is 1. The molecule has 1 atom stereocenters. The zero-order valence-electron chi connectivity index (χ0n) is 11.7. The van der Waals surface area contributed by atoms with Gasteiger partial charge in [-0.05, 0) is 23.8 Å². The highest BCUT2D eigenvalue weighted by atomic mass is 79.9. The second-order valence-corrected chi connectivity index (χ2v) is 7.07. The van der Waals surface area contributed by atoms with Crippen molar-refractivity contribution in [2.75, 3.05) is 5.43 Å². The molecule has 0 spiro atoms. The van der Waals surface area contributed by atoms with Crippen LogP contribution in [0.3, 0.4) is 0 Å². The van der Waals surface area contributed by atoms with Crippen LogP contribution in [0, 0.1) is 0 Å². The first-order chi connectivity index (χ1) is 11.1. The zero-order valence-corrected chi connectivity index (χ0v) is 14.1. The quantitative estimate of drug-likeness (QED) is 0.651. The number of nitrogens with zero attached hydrogens (tertiary/aromatic N) is 2. The minimum atomic E-state index is -0.420. The van der Waals surface area contributed by atoms with Crippen molar-refractivity contribution in [1.82, 2.24) is 9.66 Å². The van der Waals surface area contributed by atoms with Gasteiger partial charge >= 0.3 is 0 Å². The third-order valence-corrected chi connectivity index (χ3v) is 5.29. The molecule has 5 nitrogen and oxygen atoms in total. The summed E-state index contributed by atoms with van der Waals surface area (Å²) >= 11 is 4.63. The number of halogens is 1. The van der Waals surface area contributed by atoms with Gasteiger partial charge in [0.1, 0.15) is 5.25 Å². The summed E-state index contributed by atoms with van der Waals surface area (Å²) in [6, 6.07) is 14.8. The second kappa shape index (κ2) is 5.50. The Morgan fingerprint density at radius 3 is 2.70 bits per heavy atom. The monoisotopic (exact) mass is 387 g/mol. The van der Waals surface area contributed by atoms with E-state index in [4.69, 9.17) is 0 Å². The van der Waals surface area contributed by atoms with Gasteiger partial charge in [0, 0.05) is 4.47 Å². The number of hydrogen-bond acceptors (Lipinski definition) is 4. The van der Waals surface area contributed by atoms with Gasteiger partial charge in [-0.2, -0.15) is 4.68 Å². The molecule has 1 unspecified atom stereocenters. The Balaban J connectivity index is 1.87. The molecule has 0 aliphatic carbocycles. The lowest BCUT2D eigenvalue weighted by atomic mass is 10.1. The number of carbonyl (C=O) groups excluding carboxylic acids is 1. The molecular formula is C16H10BrN3O2S. The lowest BCUT2D eigenvalue weighted by molar-refractivity contribution is -0.117. The molecule has 0 saturated carbocycles. The summed E-state index contributed by atoms with van der Waals surface area (Å²) in [7, 11) is 0. The van der Waals surface area contributed by atoms with E-state index in [9.17, 15) is 9.59 Å². The van der Waals surface area contributed by atoms with Crippen molar-refractivity contribution in [1.29, 1.82) is 0 Å². The molecule has 4 rings (SSSR count). The summed E-state index contributed by atoms with van der Waals surface area (Å²) in [6.07, 6.45) is 0. The Morgan fingerprint density at radius 2 is 1.91 bits per heavy atom. The van der Waals surface area contributed by atoms with Crippen LogP contribution in [0.5, 0.6) is 0 Å². The lowest BCUT2D eigenvalue weighted by Gasteiger charge is -2.24. The van der Waals surface area contributed by atoms with Gasteiger partial charge in [0.05, 0.1) is 10.9 Å². The Bertz CT molecular complexity index is 988. The molecule has 7 heteroatoms. The van der Waals surface area contributed by atoms with Crippen molar-refractivity contribution in [3.05, 3.63) is 68.9 Å². The van der Waals surface area contributed by atoms with Gasteiger partial charge in [-0.25, -0.2) is 4.98 Å². The molecule has 2 heterocycles. The molecule has 114 valence electrons. The van der Waals surface area contributed by atoms with E-state index in [1.54, 1.807) is 12.1 Å². The maximum absolute atomic E-state index is 12.6. The maximum atomic E-state index is 12.6. The third kappa shape index (κ3) is 2.46. The Kier molecular flexibility index (Phi) is 3.46. The van der Waals surface area contributed by atoms with Gasteiger partial charge in [0.2, 0.25) is 0 Å². The van der Waals surface area contributed by atoms with Crippen molar-refractivity contribution in [3.8, 4) is 0 Å². The smallest absolute Gasteiger partial charge is 0.272 e. The first-order valence-electron chi connectivity index (χ1n) is 6.88. The van der Waals surface area contributed by atoms with Crippen LogP contribution in [0.15, 0.2) is 63.0 Å². The van der Waals surface area contributed by atoms with E-state index in [-0.39, 0.29) is 11.5 Å². The summed E-state index contributed by atoms with van der Waals surface area (Å²) in [5, 5.41) is 0.524. The predicted molar refractivity (Wildman–Crippen MR) is 93.1 cm³/mol. The van der Waals surface area contributed by atoms with Gasteiger partial charge in [0.15, 0.2) is 5.16 Å². The lowest BCUT2D eigenvalue weighted by Crippen LogP contribution is -2.40. The van der Waals surface area contributed by atoms with Crippen molar-refractivity contribution in [2.45, 2.75) is 10.4 Å². The third-order valence-electron chi connectivity index (χ3n) is 3.59. The van der Waals surface area contributed by atoms with Gasteiger partial charge < -0.3 is 0 Å². The summed E-state index contributed by atoms with van der Waals surface area (Å²) in [4.78, 5) is 29.5. The minimum Gasteiger partial charge on any atom is -0.272 e. The van der Waals surface area contributed by atoms with E-state index in [0.29, 0.717) is 16.1 Å². The first-order valence-corrected chi connectivity index (χ1v) is 8.55. The molecule has 1 N–H and O–H groups in total. The maximum Gasteiger partial charge on any atom is 0.281 e.